The lowest BCUT2D eigenvalue weighted by atomic mass is 9.98. The van der Waals surface area contributed by atoms with Gasteiger partial charge in [0.05, 0.1) is 26.6 Å². The molecule has 7 nitrogen and oxygen atoms in total. The Kier molecular flexibility index (Phi) is 5.83. The highest BCUT2D eigenvalue weighted by Crippen LogP contribution is 2.33. The van der Waals surface area contributed by atoms with Gasteiger partial charge in [-0.05, 0) is 42.5 Å². The molecule has 0 unspecified atom stereocenters. The Morgan fingerprint density at radius 2 is 1.59 bits per heavy atom. The number of amides is 1. The summed E-state index contributed by atoms with van der Waals surface area (Å²) in [4.78, 5) is 26.0. The van der Waals surface area contributed by atoms with Crippen LogP contribution in [-0.2, 0) is 13.0 Å². The first-order valence-corrected chi connectivity index (χ1v) is 10.3. The highest BCUT2D eigenvalue weighted by Gasteiger charge is 2.25. The predicted molar refractivity (Wildman–Crippen MR) is 111 cm³/mol. The first kappa shape index (κ1) is 19.5. The quantitative estimate of drug-likeness (QED) is 0.791. The van der Waals surface area contributed by atoms with Crippen LogP contribution in [0.15, 0.2) is 24.5 Å². The van der Waals surface area contributed by atoms with E-state index in [-0.39, 0.29) is 5.91 Å². The topological polar surface area (TPSA) is 67.8 Å². The summed E-state index contributed by atoms with van der Waals surface area (Å²) in [5, 5.41) is 0. The summed E-state index contributed by atoms with van der Waals surface area (Å²) in [7, 11) is 3.26. The van der Waals surface area contributed by atoms with Crippen molar-refractivity contribution in [3.8, 4) is 11.5 Å². The van der Waals surface area contributed by atoms with Crippen molar-refractivity contribution in [1.82, 2.24) is 14.9 Å². The number of benzene rings is 1. The van der Waals surface area contributed by atoms with Crippen molar-refractivity contribution in [2.75, 3.05) is 38.8 Å². The van der Waals surface area contributed by atoms with E-state index in [1.54, 1.807) is 26.6 Å². The maximum absolute atomic E-state index is 13.0. The number of anilines is 1. The number of nitrogens with zero attached hydrogens (tertiary/aromatic N) is 4. The van der Waals surface area contributed by atoms with Gasteiger partial charge in [-0.3, -0.25) is 4.79 Å². The molecule has 2 aliphatic rings. The molecule has 0 N–H and O–H groups in total. The summed E-state index contributed by atoms with van der Waals surface area (Å²) >= 11 is 0. The molecule has 0 saturated carbocycles. The van der Waals surface area contributed by atoms with Crippen LogP contribution in [0.2, 0.25) is 0 Å². The molecule has 29 heavy (non-hydrogen) atoms. The van der Waals surface area contributed by atoms with Gasteiger partial charge >= 0.3 is 0 Å². The molecule has 3 heterocycles. The Bertz CT molecular complexity index is 861. The molecule has 2 aliphatic heterocycles. The fraction of sp³-hybridized carbons (Fsp3) is 0.500. The summed E-state index contributed by atoms with van der Waals surface area (Å²) in [5.41, 5.74) is 2.66. The fourth-order valence-corrected chi connectivity index (χ4v) is 4.11. The summed E-state index contributed by atoms with van der Waals surface area (Å²) in [6, 6.07) is 3.97. The second-order valence-corrected chi connectivity index (χ2v) is 7.61. The average molecular weight is 396 g/mol. The molecule has 0 aliphatic carbocycles. The van der Waals surface area contributed by atoms with Crippen LogP contribution in [0.5, 0.6) is 11.5 Å². The normalized spacial score (nSPS) is 16.8. The molecule has 1 saturated heterocycles. The molecule has 0 atom stereocenters. The van der Waals surface area contributed by atoms with E-state index in [1.807, 2.05) is 17.0 Å². The van der Waals surface area contributed by atoms with E-state index in [0.717, 1.165) is 36.6 Å². The Morgan fingerprint density at radius 3 is 2.21 bits per heavy atom. The lowest BCUT2D eigenvalue weighted by Gasteiger charge is -2.29. The number of hydrogen-bond acceptors (Lipinski definition) is 6. The smallest absolute Gasteiger partial charge is 0.274 e. The maximum Gasteiger partial charge on any atom is 0.274 e. The highest BCUT2D eigenvalue weighted by molar-refractivity contribution is 5.92. The number of hydrogen-bond donors (Lipinski definition) is 0. The van der Waals surface area contributed by atoms with Crippen molar-refractivity contribution in [3.63, 3.8) is 0 Å². The van der Waals surface area contributed by atoms with Gasteiger partial charge < -0.3 is 19.3 Å². The molecular formula is C22H28N4O3. The third kappa shape index (κ3) is 4.13. The van der Waals surface area contributed by atoms with Gasteiger partial charge in [0.2, 0.25) is 0 Å². The molecule has 0 spiro atoms. The van der Waals surface area contributed by atoms with Crippen LogP contribution in [0.4, 0.5) is 5.82 Å². The molecule has 1 fully saturated rings. The van der Waals surface area contributed by atoms with E-state index in [1.165, 1.54) is 31.2 Å². The van der Waals surface area contributed by atoms with Crippen LogP contribution in [-0.4, -0.2) is 54.6 Å². The minimum absolute atomic E-state index is 0.0830. The number of carbonyl (C=O) groups excluding carboxylic acids is 1. The average Bonchev–Trinajstić information content (AvgIpc) is 3.07. The van der Waals surface area contributed by atoms with Crippen LogP contribution in [0.3, 0.4) is 0 Å². The molecule has 154 valence electrons. The maximum atomic E-state index is 13.0. The Hall–Kier alpha value is -2.83. The minimum Gasteiger partial charge on any atom is -0.493 e. The summed E-state index contributed by atoms with van der Waals surface area (Å²) in [5.74, 6) is 2.19. The lowest BCUT2D eigenvalue weighted by Crippen LogP contribution is -2.36. The SMILES string of the molecule is COc1cc2c(cc1OC)CN(C(=O)c1cnc(N3CCCCCC3)cn1)CC2. The summed E-state index contributed by atoms with van der Waals surface area (Å²) < 4.78 is 10.8. The predicted octanol–water partition coefficient (Wildman–Crippen LogP) is 3.07. The molecule has 2 aromatic rings. The van der Waals surface area contributed by atoms with Crippen molar-refractivity contribution in [3.05, 3.63) is 41.3 Å². The molecule has 7 heteroatoms. The Morgan fingerprint density at radius 1 is 0.897 bits per heavy atom. The van der Waals surface area contributed by atoms with E-state index in [9.17, 15) is 4.79 Å². The number of carbonyl (C=O) groups is 1. The number of fused-ring (bicyclic) bond motifs is 1. The van der Waals surface area contributed by atoms with E-state index in [4.69, 9.17) is 9.47 Å². The van der Waals surface area contributed by atoms with E-state index in [0.29, 0.717) is 24.5 Å². The van der Waals surface area contributed by atoms with Crippen molar-refractivity contribution < 1.29 is 14.3 Å². The second kappa shape index (κ2) is 8.68. The highest BCUT2D eigenvalue weighted by atomic mass is 16.5. The van der Waals surface area contributed by atoms with Crippen molar-refractivity contribution in [2.24, 2.45) is 0 Å². The third-order valence-corrected chi connectivity index (χ3v) is 5.79. The van der Waals surface area contributed by atoms with Crippen molar-refractivity contribution >= 4 is 11.7 Å². The molecule has 0 radical (unpaired) electrons. The lowest BCUT2D eigenvalue weighted by molar-refractivity contribution is 0.0728. The van der Waals surface area contributed by atoms with Gasteiger partial charge in [-0.2, -0.15) is 0 Å². The van der Waals surface area contributed by atoms with E-state index in [2.05, 4.69) is 14.9 Å². The monoisotopic (exact) mass is 396 g/mol. The van der Waals surface area contributed by atoms with Crippen LogP contribution in [0.25, 0.3) is 0 Å². The van der Waals surface area contributed by atoms with Crippen molar-refractivity contribution in [1.29, 1.82) is 0 Å². The van der Waals surface area contributed by atoms with Gasteiger partial charge in [0.25, 0.3) is 5.91 Å². The van der Waals surface area contributed by atoms with Gasteiger partial charge in [-0.15, -0.1) is 0 Å². The Balaban J connectivity index is 1.47. The van der Waals surface area contributed by atoms with E-state index >= 15 is 0 Å². The first-order valence-electron chi connectivity index (χ1n) is 10.3. The van der Waals surface area contributed by atoms with Gasteiger partial charge in [-0.25, -0.2) is 9.97 Å². The Labute approximate surface area is 171 Å². The van der Waals surface area contributed by atoms with Gasteiger partial charge in [0.1, 0.15) is 11.5 Å². The largest absolute Gasteiger partial charge is 0.493 e. The van der Waals surface area contributed by atoms with Gasteiger partial charge in [0.15, 0.2) is 11.5 Å². The fourth-order valence-electron chi connectivity index (χ4n) is 4.11. The zero-order valence-electron chi connectivity index (χ0n) is 17.2. The number of ether oxygens (including phenoxy) is 2. The molecule has 1 aromatic carbocycles. The standard InChI is InChI=1S/C22H28N4O3/c1-28-19-11-16-7-10-26(15-17(16)12-20(19)29-2)22(27)18-13-24-21(14-23-18)25-8-5-3-4-6-9-25/h11-14H,3-10,15H2,1-2H3. The summed E-state index contributed by atoms with van der Waals surface area (Å²) in [6.07, 6.45) is 9.05. The second-order valence-electron chi connectivity index (χ2n) is 7.61. The number of rotatable bonds is 4. The van der Waals surface area contributed by atoms with Crippen LogP contribution >= 0.6 is 0 Å². The third-order valence-electron chi connectivity index (χ3n) is 5.79. The van der Waals surface area contributed by atoms with Gasteiger partial charge in [-0.1, -0.05) is 12.8 Å². The number of methoxy groups -OCH3 is 2. The van der Waals surface area contributed by atoms with Crippen LogP contribution < -0.4 is 14.4 Å². The molecule has 0 bridgehead atoms. The summed E-state index contributed by atoms with van der Waals surface area (Å²) in [6.45, 7) is 3.20. The number of aromatic nitrogens is 2. The molecular weight excluding hydrogens is 368 g/mol. The molecule has 1 aromatic heterocycles. The van der Waals surface area contributed by atoms with Crippen LogP contribution in [0.1, 0.15) is 47.3 Å². The zero-order chi connectivity index (χ0) is 20.2. The van der Waals surface area contributed by atoms with Crippen molar-refractivity contribution in [2.45, 2.75) is 38.6 Å². The van der Waals surface area contributed by atoms with E-state index < -0.39 is 0 Å². The minimum atomic E-state index is -0.0830. The zero-order valence-corrected chi connectivity index (χ0v) is 17.2. The van der Waals surface area contributed by atoms with Crippen LogP contribution in [0, 0.1) is 0 Å². The molecule has 4 rings (SSSR count). The molecule has 1 amide bonds. The first-order chi connectivity index (χ1) is 14.2. The van der Waals surface area contributed by atoms with Gasteiger partial charge in [0, 0.05) is 26.2 Å².